The number of H-pyrrole nitrogens is 1. The SMILES string of the molecule is COc1ccc2nc(C(C)(C)C)[nH]c(=O)c2c1. The van der Waals surface area contributed by atoms with Gasteiger partial charge in [-0.05, 0) is 18.2 Å². The quantitative estimate of drug-likeness (QED) is 0.820. The topological polar surface area (TPSA) is 55.0 Å². The average Bonchev–Trinajstić information content (AvgIpc) is 2.27. The molecule has 0 spiro atoms. The van der Waals surface area contributed by atoms with Gasteiger partial charge in [-0.2, -0.15) is 0 Å². The molecule has 17 heavy (non-hydrogen) atoms. The van der Waals surface area contributed by atoms with Crippen molar-refractivity contribution < 1.29 is 4.74 Å². The molecule has 0 aliphatic heterocycles. The fraction of sp³-hybridized carbons (Fsp3) is 0.385. The first kappa shape index (κ1) is 11.6. The monoisotopic (exact) mass is 232 g/mol. The molecule has 1 aromatic carbocycles. The highest BCUT2D eigenvalue weighted by Gasteiger charge is 2.17. The number of rotatable bonds is 1. The number of hydrogen-bond acceptors (Lipinski definition) is 3. The first-order valence-electron chi connectivity index (χ1n) is 5.50. The van der Waals surface area contributed by atoms with Crippen LogP contribution in [-0.2, 0) is 5.41 Å². The second kappa shape index (κ2) is 3.87. The van der Waals surface area contributed by atoms with Gasteiger partial charge in [-0.3, -0.25) is 4.79 Å². The van der Waals surface area contributed by atoms with Crippen LogP contribution >= 0.6 is 0 Å². The average molecular weight is 232 g/mol. The van der Waals surface area contributed by atoms with Gasteiger partial charge in [0.05, 0.1) is 18.0 Å². The van der Waals surface area contributed by atoms with Crippen LogP contribution in [0.4, 0.5) is 0 Å². The molecule has 0 saturated heterocycles. The predicted octanol–water partition coefficient (Wildman–Crippen LogP) is 2.23. The van der Waals surface area contributed by atoms with Crippen molar-refractivity contribution in [1.29, 1.82) is 0 Å². The number of ether oxygens (including phenoxy) is 1. The molecule has 4 heteroatoms. The molecule has 1 heterocycles. The summed E-state index contributed by atoms with van der Waals surface area (Å²) in [4.78, 5) is 19.3. The van der Waals surface area contributed by atoms with Gasteiger partial charge in [-0.25, -0.2) is 4.98 Å². The molecule has 0 fully saturated rings. The van der Waals surface area contributed by atoms with Gasteiger partial charge in [-0.15, -0.1) is 0 Å². The van der Waals surface area contributed by atoms with Crippen LogP contribution in [0.15, 0.2) is 23.0 Å². The highest BCUT2D eigenvalue weighted by molar-refractivity contribution is 5.79. The third-order valence-electron chi connectivity index (χ3n) is 2.62. The minimum Gasteiger partial charge on any atom is -0.497 e. The molecule has 4 nitrogen and oxygen atoms in total. The zero-order chi connectivity index (χ0) is 12.6. The van der Waals surface area contributed by atoms with Gasteiger partial charge in [-0.1, -0.05) is 20.8 Å². The molecule has 2 aromatic rings. The second-order valence-electron chi connectivity index (χ2n) is 5.05. The van der Waals surface area contributed by atoms with Gasteiger partial charge < -0.3 is 9.72 Å². The van der Waals surface area contributed by atoms with Crippen molar-refractivity contribution in [2.45, 2.75) is 26.2 Å². The third-order valence-corrected chi connectivity index (χ3v) is 2.62. The molecule has 1 N–H and O–H groups in total. The summed E-state index contributed by atoms with van der Waals surface area (Å²) in [7, 11) is 1.58. The zero-order valence-corrected chi connectivity index (χ0v) is 10.5. The smallest absolute Gasteiger partial charge is 0.258 e. The summed E-state index contributed by atoms with van der Waals surface area (Å²) in [6.07, 6.45) is 0. The second-order valence-corrected chi connectivity index (χ2v) is 5.05. The summed E-state index contributed by atoms with van der Waals surface area (Å²) < 4.78 is 5.09. The number of benzene rings is 1. The minimum absolute atomic E-state index is 0.126. The van der Waals surface area contributed by atoms with E-state index in [1.54, 1.807) is 25.3 Å². The van der Waals surface area contributed by atoms with Crippen molar-refractivity contribution >= 4 is 10.9 Å². The fourth-order valence-corrected chi connectivity index (χ4v) is 1.60. The van der Waals surface area contributed by atoms with E-state index in [1.807, 2.05) is 20.8 Å². The molecule has 0 bridgehead atoms. The molecule has 0 saturated carbocycles. The lowest BCUT2D eigenvalue weighted by Gasteiger charge is -2.17. The molecule has 0 unspecified atom stereocenters. The van der Waals surface area contributed by atoms with Gasteiger partial charge >= 0.3 is 0 Å². The van der Waals surface area contributed by atoms with E-state index in [-0.39, 0.29) is 11.0 Å². The Morgan fingerprint density at radius 3 is 2.59 bits per heavy atom. The minimum atomic E-state index is -0.173. The summed E-state index contributed by atoms with van der Waals surface area (Å²) in [5, 5.41) is 0.553. The predicted molar refractivity (Wildman–Crippen MR) is 67.6 cm³/mol. The maximum Gasteiger partial charge on any atom is 0.258 e. The molecular weight excluding hydrogens is 216 g/mol. The van der Waals surface area contributed by atoms with Crippen LogP contribution in [-0.4, -0.2) is 17.1 Å². The summed E-state index contributed by atoms with van der Waals surface area (Å²) >= 11 is 0. The van der Waals surface area contributed by atoms with Crippen LogP contribution in [0.3, 0.4) is 0 Å². The third kappa shape index (κ3) is 2.16. The highest BCUT2D eigenvalue weighted by atomic mass is 16.5. The van der Waals surface area contributed by atoms with E-state index in [1.165, 1.54) is 0 Å². The van der Waals surface area contributed by atoms with Gasteiger partial charge in [0.1, 0.15) is 11.6 Å². The van der Waals surface area contributed by atoms with Crippen LogP contribution in [0.1, 0.15) is 26.6 Å². The van der Waals surface area contributed by atoms with Crippen molar-refractivity contribution in [3.05, 3.63) is 34.4 Å². The number of fused-ring (bicyclic) bond motifs is 1. The van der Waals surface area contributed by atoms with Crippen LogP contribution in [0.5, 0.6) is 5.75 Å². The van der Waals surface area contributed by atoms with Gasteiger partial charge in [0, 0.05) is 5.41 Å². The van der Waals surface area contributed by atoms with Crippen molar-refractivity contribution in [3.8, 4) is 5.75 Å². The Morgan fingerprint density at radius 1 is 1.29 bits per heavy atom. The Morgan fingerprint density at radius 2 is 2.00 bits per heavy atom. The molecule has 0 aliphatic carbocycles. The van der Waals surface area contributed by atoms with E-state index in [0.29, 0.717) is 22.5 Å². The maximum absolute atomic E-state index is 12.0. The number of aromatic amines is 1. The summed E-state index contributed by atoms with van der Waals surface area (Å²) in [5.74, 6) is 1.36. The van der Waals surface area contributed by atoms with E-state index in [0.717, 1.165) is 0 Å². The summed E-state index contributed by atoms with van der Waals surface area (Å²) in [6.45, 7) is 6.04. The molecule has 0 aliphatic rings. The lowest BCUT2D eigenvalue weighted by atomic mass is 9.95. The van der Waals surface area contributed by atoms with Gasteiger partial charge in [0.2, 0.25) is 0 Å². The van der Waals surface area contributed by atoms with Crippen molar-refractivity contribution in [1.82, 2.24) is 9.97 Å². The van der Waals surface area contributed by atoms with Crippen LogP contribution in [0.2, 0.25) is 0 Å². The molecule has 1 aromatic heterocycles. The highest BCUT2D eigenvalue weighted by Crippen LogP contribution is 2.21. The number of nitrogens with zero attached hydrogens (tertiary/aromatic N) is 1. The Hall–Kier alpha value is -1.84. The number of aromatic nitrogens is 2. The molecule has 90 valence electrons. The Kier molecular flexibility index (Phi) is 2.65. The summed E-state index contributed by atoms with van der Waals surface area (Å²) in [6, 6.07) is 5.31. The maximum atomic E-state index is 12.0. The van der Waals surface area contributed by atoms with Crippen molar-refractivity contribution in [2.24, 2.45) is 0 Å². The van der Waals surface area contributed by atoms with E-state index in [9.17, 15) is 4.79 Å². The number of hydrogen-bond donors (Lipinski definition) is 1. The largest absolute Gasteiger partial charge is 0.497 e. The van der Waals surface area contributed by atoms with Crippen molar-refractivity contribution in [2.75, 3.05) is 7.11 Å². The van der Waals surface area contributed by atoms with Crippen LogP contribution in [0, 0.1) is 0 Å². The Labute approximate surface area is 99.7 Å². The Bertz CT molecular complexity index is 609. The van der Waals surface area contributed by atoms with E-state index < -0.39 is 0 Å². The number of methoxy groups -OCH3 is 1. The van der Waals surface area contributed by atoms with Gasteiger partial charge in [0.25, 0.3) is 5.56 Å². The van der Waals surface area contributed by atoms with Gasteiger partial charge in [0.15, 0.2) is 0 Å². The molecule has 0 amide bonds. The van der Waals surface area contributed by atoms with E-state index >= 15 is 0 Å². The summed E-state index contributed by atoms with van der Waals surface area (Å²) in [5.41, 5.74) is 0.395. The fourth-order valence-electron chi connectivity index (χ4n) is 1.60. The Balaban J connectivity index is 2.73. The first-order chi connectivity index (χ1) is 7.91. The lowest BCUT2D eigenvalue weighted by molar-refractivity contribution is 0.415. The normalized spacial score (nSPS) is 11.8. The molecule has 0 atom stereocenters. The van der Waals surface area contributed by atoms with E-state index in [2.05, 4.69) is 9.97 Å². The standard InChI is InChI=1S/C13H16N2O2/c1-13(2,3)12-14-10-6-5-8(17-4)7-9(10)11(16)15-12/h5-7H,1-4H3,(H,14,15,16). The molecular formula is C13H16N2O2. The lowest BCUT2D eigenvalue weighted by Crippen LogP contribution is -2.22. The molecule has 0 radical (unpaired) electrons. The van der Waals surface area contributed by atoms with Crippen molar-refractivity contribution in [3.63, 3.8) is 0 Å². The van der Waals surface area contributed by atoms with E-state index in [4.69, 9.17) is 4.74 Å². The number of nitrogens with one attached hydrogen (secondary N) is 1. The zero-order valence-electron chi connectivity index (χ0n) is 10.5. The van der Waals surface area contributed by atoms with Crippen LogP contribution < -0.4 is 10.3 Å². The molecule has 2 rings (SSSR count). The first-order valence-corrected chi connectivity index (χ1v) is 5.50. The van der Waals surface area contributed by atoms with Crippen LogP contribution in [0.25, 0.3) is 10.9 Å².